The lowest BCUT2D eigenvalue weighted by atomic mass is 10.1. The molecule has 0 saturated carbocycles. The number of nitrogens with zero attached hydrogens (tertiary/aromatic N) is 6. The number of hydrogen-bond donors (Lipinski definition) is 2. The summed E-state index contributed by atoms with van der Waals surface area (Å²) in [7, 11) is 3.16. The van der Waals surface area contributed by atoms with Gasteiger partial charge in [0.05, 0.1) is 47.7 Å². The number of nitrogens with one attached hydrogen (secondary N) is 2. The summed E-state index contributed by atoms with van der Waals surface area (Å²) in [5.41, 5.74) is 2.74. The number of aromatic nitrogens is 6. The van der Waals surface area contributed by atoms with E-state index >= 15 is 0 Å². The minimum Gasteiger partial charge on any atom is -0.494 e. The topological polar surface area (TPSA) is 112 Å². The summed E-state index contributed by atoms with van der Waals surface area (Å²) in [6, 6.07) is 3.45. The second kappa shape index (κ2) is 10.8. The van der Waals surface area contributed by atoms with E-state index in [2.05, 4.69) is 31.0 Å². The summed E-state index contributed by atoms with van der Waals surface area (Å²) < 4.78 is 49.6. The first-order valence-electron chi connectivity index (χ1n) is 12.1. The van der Waals surface area contributed by atoms with Gasteiger partial charge in [-0.05, 0) is 32.0 Å². The highest BCUT2D eigenvalue weighted by Crippen LogP contribution is 2.38. The van der Waals surface area contributed by atoms with Crippen molar-refractivity contribution in [3.8, 4) is 22.7 Å². The largest absolute Gasteiger partial charge is 0.494 e. The lowest BCUT2D eigenvalue weighted by Crippen LogP contribution is -2.23. The Hall–Kier alpha value is -4.26. The zero-order valence-electron chi connectivity index (χ0n) is 22.4. The fourth-order valence-electron chi connectivity index (χ4n) is 3.96. The predicted octanol–water partition coefficient (Wildman–Crippen LogP) is 4.46. The molecular weight excluding hydrogens is 513 g/mol. The van der Waals surface area contributed by atoms with Crippen LogP contribution in [-0.2, 0) is 19.8 Å². The van der Waals surface area contributed by atoms with Crippen molar-refractivity contribution in [3.63, 3.8) is 0 Å². The average Bonchev–Trinajstić information content (AvgIpc) is 3.48. The number of halogens is 3. The molecule has 206 valence electrons. The summed E-state index contributed by atoms with van der Waals surface area (Å²) in [5, 5.41) is 18.3. The van der Waals surface area contributed by atoms with Gasteiger partial charge in [-0.3, -0.25) is 14.5 Å². The Kier molecular flexibility index (Phi) is 7.72. The molecule has 1 amide bonds. The van der Waals surface area contributed by atoms with Gasteiger partial charge in [-0.2, -0.15) is 18.3 Å². The number of benzene rings is 1. The van der Waals surface area contributed by atoms with Crippen molar-refractivity contribution in [2.24, 2.45) is 7.05 Å². The number of carbonyl (C=O) groups excluding carboxylic acids is 1. The highest BCUT2D eigenvalue weighted by atomic mass is 19.4. The minimum absolute atomic E-state index is 0.0266. The molecular formula is C26H29F3N8O2. The number of amides is 1. The molecule has 0 saturated heterocycles. The predicted molar refractivity (Wildman–Crippen MR) is 139 cm³/mol. The van der Waals surface area contributed by atoms with Crippen LogP contribution in [0.2, 0.25) is 0 Å². The lowest BCUT2D eigenvalue weighted by molar-refractivity contribution is -0.137. The van der Waals surface area contributed by atoms with E-state index in [1.54, 1.807) is 30.1 Å². The van der Waals surface area contributed by atoms with Crippen LogP contribution in [0.3, 0.4) is 0 Å². The number of alkyl halides is 3. The second-order valence-corrected chi connectivity index (χ2v) is 9.35. The molecule has 0 unspecified atom stereocenters. The molecule has 3 heterocycles. The molecule has 13 heteroatoms. The number of carbonyl (C=O) groups is 1. The molecule has 10 nitrogen and oxygen atoms in total. The third-order valence-corrected chi connectivity index (χ3v) is 6.22. The van der Waals surface area contributed by atoms with Gasteiger partial charge in [0.25, 0.3) is 5.91 Å². The van der Waals surface area contributed by atoms with Gasteiger partial charge in [-0.1, -0.05) is 19.1 Å². The number of anilines is 1. The van der Waals surface area contributed by atoms with Crippen LogP contribution in [0, 0.1) is 13.8 Å². The Bertz CT molecular complexity index is 1510. The van der Waals surface area contributed by atoms with Crippen molar-refractivity contribution < 1.29 is 22.7 Å². The van der Waals surface area contributed by atoms with E-state index in [0.29, 0.717) is 17.1 Å². The van der Waals surface area contributed by atoms with Crippen molar-refractivity contribution in [1.82, 2.24) is 35.1 Å². The SMILES string of the molecule is COc1c(CNC(C)C)cc(C(F)(F)F)cc1NC(=O)c1cnc(C)c(-n2cc(-c3cnn(C)c3C)nn2)c1. The van der Waals surface area contributed by atoms with Gasteiger partial charge < -0.3 is 15.4 Å². The number of ether oxygens (including phenoxy) is 1. The molecule has 0 aliphatic carbocycles. The molecule has 3 aromatic heterocycles. The van der Waals surface area contributed by atoms with Crippen LogP contribution in [0.15, 0.2) is 36.8 Å². The first-order chi connectivity index (χ1) is 18.4. The standard InChI is InChI=1S/C26H29F3N8O2/c1-14(2)30-10-17-7-19(26(27,28)29)9-21(24(17)39-6)33-25(38)18-8-23(15(3)31-11-18)37-13-22(34-35-37)20-12-32-36(5)16(20)4/h7-9,11-14,30H,10H2,1-6H3,(H,33,38). The monoisotopic (exact) mass is 542 g/mol. The van der Waals surface area contributed by atoms with Gasteiger partial charge >= 0.3 is 6.18 Å². The molecule has 0 atom stereocenters. The van der Waals surface area contributed by atoms with E-state index < -0.39 is 17.6 Å². The maximum absolute atomic E-state index is 13.7. The third-order valence-electron chi connectivity index (χ3n) is 6.22. The molecule has 39 heavy (non-hydrogen) atoms. The number of pyridine rings is 1. The fourth-order valence-corrected chi connectivity index (χ4v) is 3.96. The summed E-state index contributed by atoms with van der Waals surface area (Å²) in [6.45, 7) is 7.53. The van der Waals surface area contributed by atoms with Gasteiger partial charge in [-0.25, -0.2) is 4.68 Å². The van der Waals surface area contributed by atoms with Crippen molar-refractivity contribution in [3.05, 3.63) is 64.9 Å². The molecule has 0 bridgehead atoms. The molecule has 4 aromatic rings. The van der Waals surface area contributed by atoms with Crippen LogP contribution in [0.4, 0.5) is 18.9 Å². The van der Waals surface area contributed by atoms with Crippen LogP contribution >= 0.6 is 0 Å². The van der Waals surface area contributed by atoms with Gasteiger partial charge in [0.2, 0.25) is 0 Å². The molecule has 0 aliphatic rings. The van der Waals surface area contributed by atoms with Crippen molar-refractivity contribution in [2.75, 3.05) is 12.4 Å². The smallest absolute Gasteiger partial charge is 0.416 e. The van der Waals surface area contributed by atoms with Crippen LogP contribution in [0.1, 0.15) is 46.7 Å². The highest BCUT2D eigenvalue weighted by Gasteiger charge is 2.33. The highest BCUT2D eigenvalue weighted by molar-refractivity contribution is 6.05. The molecule has 0 radical (unpaired) electrons. The van der Waals surface area contributed by atoms with Crippen LogP contribution in [0.5, 0.6) is 5.75 Å². The quantitative estimate of drug-likeness (QED) is 0.338. The van der Waals surface area contributed by atoms with E-state index in [-0.39, 0.29) is 35.2 Å². The molecule has 0 fully saturated rings. The Balaban J connectivity index is 1.67. The van der Waals surface area contributed by atoms with Gasteiger partial charge in [0.1, 0.15) is 11.4 Å². The first-order valence-corrected chi connectivity index (χ1v) is 12.1. The second-order valence-electron chi connectivity index (χ2n) is 9.35. The number of hydrogen-bond acceptors (Lipinski definition) is 7. The Labute approximate surface area is 223 Å². The van der Waals surface area contributed by atoms with E-state index in [9.17, 15) is 18.0 Å². The molecule has 1 aromatic carbocycles. The Morgan fingerprint density at radius 2 is 1.90 bits per heavy atom. The third kappa shape index (κ3) is 5.93. The minimum atomic E-state index is -4.62. The van der Waals surface area contributed by atoms with Crippen LogP contribution in [-0.4, -0.2) is 48.8 Å². The van der Waals surface area contributed by atoms with E-state index in [1.165, 1.54) is 18.0 Å². The van der Waals surface area contributed by atoms with E-state index in [4.69, 9.17) is 4.74 Å². The summed E-state index contributed by atoms with van der Waals surface area (Å²) in [5.74, 6) is -0.523. The Morgan fingerprint density at radius 3 is 2.51 bits per heavy atom. The van der Waals surface area contributed by atoms with Gasteiger partial charge in [0.15, 0.2) is 0 Å². The molecule has 0 aliphatic heterocycles. The number of rotatable bonds is 8. The summed E-state index contributed by atoms with van der Waals surface area (Å²) >= 11 is 0. The number of aryl methyl sites for hydroxylation is 2. The van der Waals surface area contributed by atoms with E-state index in [0.717, 1.165) is 23.4 Å². The van der Waals surface area contributed by atoms with E-state index in [1.807, 2.05) is 27.8 Å². The molecule has 0 spiro atoms. The van der Waals surface area contributed by atoms with Gasteiger partial charge in [-0.15, -0.1) is 5.10 Å². The van der Waals surface area contributed by atoms with Crippen molar-refractivity contribution in [2.45, 2.75) is 46.5 Å². The van der Waals surface area contributed by atoms with Crippen molar-refractivity contribution >= 4 is 11.6 Å². The number of methoxy groups -OCH3 is 1. The maximum atomic E-state index is 13.7. The first kappa shape index (κ1) is 27.8. The average molecular weight is 543 g/mol. The van der Waals surface area contributed by atoms with Crippen LogP contribution in [0.25, 0.3) is 16.9 Å². The summed E-state index contributed by atoms with van der Waals surface area (Å²) in [4.78, 5) is 17.5. The lowest BCUT2D eigenvalue weighted by Gasteiger charge is -2.19. The Morgan fingerprint density at radius 1 is 1.15 bits per heavy atom. The van der Waals surface area contributed by atoms with Gasteiger partial charge in [0, 0.05) is 42.7 Å². The van der Waals surface area contributed by atoms with Crippen molar-refractivity contribution in [1.29, 1.82) is 0 Å². The normalized spacial score (nSPS) is 11.7. The molecule has 2 N–H and O–H groups in total. The zero-order chi connectivity index (χ0) is 28.5. The molecule has 4 rings (SSSR count). The maximum Gasteiger partial charge on any atom is 0.416 e. The summed E-state index contributed by atoms with van der Waals surface area (Å²) in [6.07, 6.45) is 0.110. The fraction of sp³-hybridized carbons (Fsp3) is 0.346. The zero-order valence-corrected chi connectivity index (χ0v) is 22.4. The van der Waals surface area contributed by atoms with Crippen LogP contribution < -0.4 is 15.4 Å².